The van der Waals surface area contributed by atoms with Crippen LogP contribution in [-0.2, 0) is 16.1 Å². The minimum absolute atomic E-state index is 0.193. The van der Waals surface area contributed by atoms with Gasteiger partial charge in [0.1, 0.15) is 5.76 Å². The summed E-state index contributed by atoms with van der Waals surface area (Å²) in [6.07, 6.45) is 1.20. The quantitative estimate of drug-likeness (QED) is 0.875. The molecule has 2 N–H and O–H groups in total. The van der Waals surface area contributed by atoms with E-state index in [-0.39, 0.29) is 11.8 Å². The van der Waals surface area contributed by atoms with E-state index in [0.717, 1.165) is 11.3 Å². The molecule has 110 valence electrons. The summed E-state index contributed by atoms with van der Waals surface area (Å²) in [5.41, 5.74) is 1.61. The van der Waals surface area contributed by atoms with Crippen molar-refractivity contribution < 1.29 is 19.2 Å². The molecule has 20 heavy (non-hydrogen) atoms. The highest BCUT2D eigenvalue weighted by Crippen LogP contribution is 2.36. The average Bonchev–Trinajstić information content (AvgIpc) is 2.91. The van der Waals surface area contributed by atoms with Crippen LogP contribution >= 0.6 is 0 Å². The number of aryl methyl sites for hydroxylation is 2. The third kappa shape index (κ3) is 2.84. The van der Waals surface area contributed by atoms with Crippen molar-refractivity contribution in [2.75, 3.05) is 0 Å². The van der Waals surface area contributed by atoms with Gasteiger partial charge in [-0.25, -0.2) is 0 Å². The highest BCUT2D eigenvalue weighted by atomic mass is 16.5. The molecule has 6 heteroatoms. The van der Waals surface area contributed by atoms with Crippen molar-refractivity contribution in [3.63, 3.8) is 0 Å². The van der Waals surface area contributed by atoms with Gasteiger partial charge in [0, 0.05) is 12.1 Å². The van der Waals surface area contributed by atoms with E-state index < -0.39 is 17.8 Å². The molecule has 1 aromatic heterocycles. The van der Waals surface area contributed by atoms with Gasteiger partial charge in [-0.15, -0.1) is 0 Å². The lowest BCUT2D eigenvalue weighted by atomic mass is 9.95. The van der Waals surface area contributed by atoms with Gasteiger partial charge in [-0.2, -0.15) is 0 Å². The summed E-state index contributed by atoms with van der Waals surface area (Å²) < 4.78 is 5.03. The smallest absolute Gasteiger partial charge is 0.307 e. The molecule has 1 saturated carbocycles. The third-order valence-corrected chi connectivity index (χ3v) is 4.07. The lowest BCUT2D eigenvalue weighted by Gasteiger charge is -2.15. The van der Waals surface area contributed by atoms with Gasteiger partial charge in [0.05, 0.1) is 17.5 Å². The summed E-state index contributed by atoms with van der Waals surface area (Å²) in [6, 6.07) is 0. The molecule has 0 aliphatic heterocycles. The molecule has 1 amide bonds. The molecule has 1 aliphatic carbocycles. The number of nitrogens with zero attached hydrogens (tertiary/aromatic N) is 1. The Kier molecular flexibility index (Phi) is 4.11. The number of amides is 1. The van der Waals surface area contributed by atoms with Gasteiger partial charge in [-0.05, 0) is 32.6 Å². The van der Waals surface area contributed by atoms with Crippen LogP contribution in [0.15, 0.2) is 4.52 Å². The van der Waals surface area contributed by atoms with Crippen molar-refractivity contribution in [2.45, 2.75) is 40.2 Å². The summed E-state index contributed by atoms with van der Waals surface area (Å²) >= 11 is 0. The standard InChI is InChI=1S/C14H20N2O4/c1-7-4-10(11(5-7)14(18)19)13(17)15-6-12-8(2)16-20-9(12)3/h7,10-11H,4-6H2,1-3H3,(H,15,17)(H,18,19)/t7?,10-,11+/m0/s1. The zero-order valence-electron chi connectivity index (χ0n) is 12.0. The number of carbonyl (C=O) groups excluding carboxylic acids is 1. The molecule has 2 rings (SSSR count). The maximum Gasteiger partial charge on any atom is 0.307 e. The van der Waals surface area contributed by atoms with Crippen molar-refractivity contribution in [3.8, 4) is 0 Å². The second-order valence-corrected chi connectivity index (χ2v) is 5.65. The highest BCUT2D eigenvalue weighted by molar-refractivity contribution is 5.85. The van der Waals surface area contributed by atoms with Crippen molar-refractivity contribution in [2.24, 2.45) is 17.8 Å². The van der Waals surface area contributed by atoms with Gasteiger partial charge in [0.25, 0.3) is 0 Å². The van der Waals surface area contributed by atoms with Gasteiger partial charge >= 0.3 is 5.97 Å². The van der Waals surface area contributed by atoms with E-state index in [1.807, 2.05) is 13.8 Å². The predicted octanol–water partition coefficient (Wildman–Crippen LogP) is 1.65. The number of hydrogen-bond acceptors (Lipinski definition) is 4. The molecular formula is C14H20N2O4. The van der Waals surface area contributed by atoms with Gasteiger partial charge in [-0.1, -0.05) is 12.1 Å². The van der Waals surface area contributed by atoms with Gasteiger partial charge in [0.2, 0.25) is 5.91 Å². The number of aromatic nitrogens is 1. The molecule has 0 aromatic carbocycles. The number of nitrogens with one attached hydrogen (secondary N) is 1. The summed E-state index contributed by atoms with van der Waals surface area (Å²) in [5.74, 6) is -1.14. The molecule has 0 bridgehead atoms. The van der Waals surface area contributed by atoms with Crippen molar-refractivity contribution >= 4 is 11.9 Å². The summed E-state index contributed by atoms with van der Waals surface area (Å²) in [5, 5.41) is 15.8. The Hall–Kier alpha value is -1.85. The Labute approximate surface area is 117 Å². The second-order valence-electron chi connectivity index (χ2n) is 5.65. The Morgan fingerprint density at radius 3 is 2.55 bits per heavy atom. The first-order chi connectivity index (χ1) is 9.40. The first-order valence-electron chi connectivity index (χ1n) is 6.82. The topological polar surface area (TPSA) is 92.4 Å². The molecule has 3 atom stereocenters. The van der Waals surface area contributed by atoms with Crippen LogP contribution in [-0.4, -0.2) is 22.1 Å². The number of aliphatic carboxylic acids is 1. The van der Waals surface area contributed by atoms with Crippen LogP contribution in [0.2, 0.25) is 0 Å². The molecule has 1 aliphatic rings. The van der Waals surface area contributed by atoms with E-state index >= 15 is 0 Å². The summed E-state index contributed by atoms with van der Waals surface area (Å²) in [4.78, 5) is 23.4. The van der Waals surface area contributed by atoms with Crippen LogP contribution < -0.4 is 5.32 Å². The largest absolute Gasteiger partial charge is 0.481 e. The van der Waals surface area contributed by atoms with Crippen molar-refractivity contribution in [1.29, 1.82) is 0 Å². The van der Waals surface area contributed by atoms with E-state index in [4.69, 9.17) is 4.52 Å². The second kappa shape index (κ2) is 5.64. The fourth-order valence-electron chi connectivity index (χ4n) is 2.92. The molecule has 6 nitrogen and oxygen atoms in total. The number of rotatable bonds is 4. The zero-order valence-corrected chi connectivity index (χ0v) is 12.0. The minimum atomic E-state index is -0.883. The molecule has 0 saturated heterocycles. The maximum atomic E-state index is 12.2. The molecule has 1 heterocycles. The molecule has 0 spiro atoms. The third-order valence-electron chi connectivity index (χ3n) is 4.07. The van der Waals surface area contributed by atoms with Gasteiger partial charge < -0.3 is 14.9 Å². The van der Waals surface area contributed by atoms with Crippen molar-refractivity contribution in [3.05, 3.63) is 17.0 Å². The lowest BCUT2D eigenvalue weighted by Crippen LogP contribution is -2.35. The van der Waals surface area contributed by atoms with Gasteiger partial charge in [-0.3, -0.25) is 9.59 Å². The number of hydrogen-bond donors (Lipinski definition) is 2. The number of carbonyl (C=O) groups is 2. The van der Waals surface area contributed by atoms with E-state index in [1.54, 1.807) is 6.92 Å². The van der Waals surface area contributed by atoms with Gasteiger partial charge in [0.15, 0.2) is 0 Å². The van der Waals surface area contributed by atoms with Crippen LogP contribution in [0.3, 0.4) is 0 Å². The first kappa shape index (κ1) is 14.6. The average molecular weight is 280 g/mol. The van der Waals surface area contributed by atoms with Crippen LogP contribution in [0.4, 0.5) is 0 Å². The van der Waals surface area contributed by atoms with Crippen LogP contribution in [0.5, 0.6) is 0 Å². The fraction of sp³-hybridized carbons (Fsp3) is 0.643. The lowest BCUT2D eigenvalue weighted by molar-refractivity contribution is -0.146. The van der Waals surface area contributed by atoms with E-state index in [2.05, 4.69) is 10.5 Å². The predicted molar refractivity (Wildman–Crippen MR) is 70.8 cm³/mol. The molecule has 1 aromatic rings. The Balaban J connectivity index is 2.00. The fourth-order valence-corrected chi connectivity index (χ4v) is 2.92. The molecule has 1 fully saturated rings. The van der Waals surface area contributed by atoms with E-state index in [1.165, 1.54) is 0 Å². The SMILES string of the molecule is Cc1noc(C)c1CNC(=O)[C@H]1CC(C)C[C@H]1C(=O)O. The zero-order chi connectivity index (χ0) is 14.9. The highest BCUT2D eigenvalue weighted by Gasteiger charge is 2.41. The van der Waals surface area contributed by atoms with Crippen LogP contribution in [0.25, 0.3) is 0 Å². The van der Waals surface area contributed by atoms with Crippen LogP contribution in [0.1, 0.15) is 36.8 Å². The monoisotopic (exact) mass is 280 g/mol. The van der Waals surface area contributed by atoms with E-state index in [0.29, 0.717) is 25.1 Å². The molecule has 0 radical (unpaired) electrons. The summed E-state index contributed by atoms with van der Waals surface area (Å²) in [7, 11) is 0. The number of carboxylic acid groups (broad SMARTS) is 1. The normalized spacial score (nSPS) is 25.6. The Morgan fingerprint density at radius 1 is 1.35 bits per heavy atom. The number of carboxylic acids is 1. The Morgan fingerprint density at radius 2 is 2.00 bits per heavy atom. The molecular weight excluding hydrogens is 260 g/mol. The first-order valence-corrected chi connectivity index (χ1v) is 6.82. The summed E-state index contributed by atoms with van der Waals surface area (Å²) in [6.45, 7) is 5.92. The van der Waals surface area contributed by atoms with Crippen molar-refractivity contribution in [1.82, 2.24) is 10.5 Å². The maximum absolute atomic E-state index is 12.2. The molecule has 1 unspecified atom stereocenters. The van der Waals surface area contributed by atoms with Crippen LogP contribution in [0, 0.1) is 31.6 Å². The van der Waals surface area contributed by atoms with E-state index in [9.17, 15) is 14.7 Å². The Bertz CT molecular complexity index is 504. The minimum Gasteiger partial charge on any atom is -0.481 e.